The van der Waals surface area contributed by atoms with Gasteiger partial charge in [0.1, 0.15) is 6.29 Å². The molecule has 1 aliphatic heterocycles. The first kappa shape index (κ1) is 16.7. The molecule has 0 saturated heterocycles. The summed E-state index contributed by atoms with van der Waals surface area (Å²) in [5.74, 6) is 0.736. The van der Waals surface area contributed by atoms with Gasteiger partial charge in [-0.25, -0.2) is 9.59 Å². The molecule has 0 saturated carbocycles. The van der Waals surface area contributed by atoms with Crippen LogP contribution in [0.15, 0.2) is 48.5 Å². The Morgan fingerprint density at radius 1 is 1.04 bits per heavy atom. The van der Waals surface area contributed by atoms with Gasteiger partial charge >= 0.3 is 11.9 Å². The topological polar surface area (TPSA) is 60.4 Å². The summed E-state index contributed by atoms with van der Waals surface area (Å²) in [5.41, 5.74) is 2.19. The minimum Gasteiger partial charge on any atom is -0.386 e. The Hall–Kier alpha value is -3.19. The van der Waals surface area contributed by atoms with E-state index in [1.165, 1.54) is 6.07 Å². The molecule has 4 nitrogen and oxygen atoms in total. The van der Waals surface area contributed by atoms with Gasteiger partial charge in [0, 0.05) is 12.3 Å². The maximum atomic E-state index is 11.8. The van der Waals surface area contributed by atoms with Gasteiger partial charge in [-0.1, -0.05) is 36.4 Å². The van der Waals surface area contributed by atoms with Crippen LogP contribution in [-0.2, 0) is 16.0 Å². The largest absolute Gasteiger partial charge is 0.386 e. The zero-order valence-electron chi connectivity index (χ0n) is 13.5. The zero-order valence-corrected chi connectivity index (χ0v) is 13.5. The van der Waals surface area contributed by atoms with Crippen molar-refractivity contribution >= 4 is 18.2 Å². The molecular formula is C21H16O4. The summed E-state index contributed by atoms with van der Waals surface area (Å²) in [6.07, 6.45) is 7.43. The van der Waals surface area contributed by atoms with Crippen LogP contribution in [0.4, 0.5) is 0 Å². The number of benzene rings is 2. The standard InChI is InChI=1S/C21H16O4/c1-2-6-15(11-14-7-4-3-5-8-14)19(13-22)16-9-10-17-18(12-16)21(24)25-20(17)23/h1,3-5,7-10,12-13,15,19H,6,11H2. The third kappa shape index (κ3) is 3.36. The summed E-state index contributed by atoms with van der Waals surface area (Å²) >= 11 is 0. The number of rotatable bonds is 6. The minimum absolute atomic E-state index is 0.101. The summed E-state index contributed by atoms with van der Waals surface area (Å²) in [6, 6.07) is 14.6. The van der Waals surface area contributed by atoms with E-state index < -0.39 is 17.9 Å². The number of carbonyl (C=O) groups excluding carboxylic acids is 3. The van der Waals surface area contributed by atoms with Gasteiger partial charge in [0.05, 0.1) is 11.1 Å². The first-order valence-electron chi connectivity index (χ1n) is 7.97. The molecule has 1 aliphatic rings. The van der Waals surface area contributed by atoms with Crippen LogP contribution in [-0.4, -0.2) is 18.2 Å². The second kappa shape index (κ2) is 7.14. The molecule has 0 N–H and O–H groups in total. The average Bonchev–Trinajstić information content (AvgIpc) is 2.90. The van der Waals surface area contributed by atoms with Crippen molar-refractivity contribution in [2.24, 2.45) is 5.92 Å². The Kier molecular flexibility index (Phi) is 4.76. The highest BCUT2D eigenvalue weighted by Crippen LogP contribution is 2.31. The summed E-state index contributed by atoms with van der Waals surface area (Å²) < 4.78 is 4.61. The van der Waals surface area contributed by atoms with E-state index in [1.54, 1.807) is 12.1 Å². The van der Waals surface area contributed by atoms with E-state index in [1.807, 2.05) is 30.3 Å². The summed E-state index contributed by atoms with van der Waals surface area (Å²) in [6.45, 7) is 0. The number of terminal acetylenes is 1. The van der Waals surface area contributed by atoms with Crippen LogP contribution in [0.5, 0.6) is 0 Å². The predicted molar refractivity (Wildman–Crippen MR) is 92.1 cm³/mol. The maximum absolute atomic E-state index is 11.8. The number of hydrogen-bond acceptors (Lipinski definition) is 4. The van der Waals surface area contributed by atoms with Gasteiger partial charge in [0.25, 0.3) is 0 Å². The zero-order chi connectivity index (χ0) is 17.8. The fourth-order valence-corrected chi connectivity index (χ4v) is 3.17. The van der Waals surface area contributed by atoms with Crippen LogP contribution in [0, 0.1) is 18.3 Å². The van der Waals surface area contributed by atoms with Crippen LogP contribution < -0.4 is 0 Å². The molecule has 2 unspecified atom stereocenters. The van der Waals surface area contributed by atoms with E-state index >= 15 is 0 Å². The molecule has 3 rings (SSSR count). The van der Waals surface area contributed by atoms with Crippen LogP contribution >= 0.6 is 0 Å². The first-order valence-corrected chi connectivity index (χ1v) is 7.97. The normalized spacial score (nSPS) is 15.0. The Morgan fingerprint density at radius 2 is 1.76 bits per heavy atom. The van der Waals surface area contributed by atoms with Gasteiger partial charge in [-0.2, -0.15) is 0 Å². The highest BCUT2D eigenvalue weighted by atomic mass is 16.6. The van der Waals surface area contributed by atoms with Crippen molar-refractivity contribution in [3.05, 3.63) is 70.8 Å². The number of fused-ring (bicyclic) bond motifs is 1. The van der Waals surface area contributed by atoms with E-state index in [0.29, 0.717) is 18.4 Å². The Bertz CT molecular complexity index is 861. The Morgan fingerprint density at radius 3 is 2.44 bits per heavy atom. The predicted octanol–water partition coefficient (Wildman–Crippen LogP) is 3.16. The van der Waals surface area contributed by atoms with Gasteiger partial charge in [-0.3, -0.25) is 0 Å². The quantitative estimate of drug-likeness (QED) is 0.353. The number of ether oxygens (including phenoxy) is 1. The number of cyclic esters (lactones) is 2. The van der Waals surface area contributed by atoms with E-state index in [9.17, 15) is 14.4 Å². The second-order valence-corrected chi connectivity index (χ2v) is 6.00. The number of carbonyl (C=O) groups is 3. The molecular weight excluding hydrogens is 316 g/mol. The molecule has 0 fully saturated rings. The molecule has 1 heterocycles. The molecule has 0 aliphatic carbocycles. The van der Waals surface area contributed by atoms with E-state index in [2.05, 4.69) is 10.7 Å². The van der Waals surface area contributed by atoms with Gasteiger partial charge < -0.3 is 9.53 Å². The van der Waals surface area contributed by atoms with E-state index in [-0.39, 0.29) is 17.0 Å². The molecule has 0 aromatic heterocycles. The van der Waals surface area contributed by atoms with E-state index in [0.717, 1.165) is 11.8 Å². The molecule has 2 atom stereocenters. The lowest BCUT2D eigenvalue weighted by atomic mass is 9.80. The summed E-state index contributed by atoms with van der Waals surface area (Å²) in [7, 11) is 0. The summed E-state index contributed by atoms with van der Waals surface area (Å²) in [4.78, 5) is 35.1. The van der Waals surface area contributed by atoms with Crippen molar-refractivity contribution in [2.75, 3.05) is 0 Å². The molecule has 0 bridgehead atoms. The smallest absolute Gasteiger partial charge is 0.346 e. The molecule has 0 amide bonds. The van der Waals surface area contributed by atoms with Crippen LogP contribution in [0.2, 0.25) is 0 Å². The fourth-order valence-electron chi connectivity index (χ4n) is 3.17. The highest BCUT2D eigenvalue weighted by molar-refractivity contribution is 6.14. The van der Waals surface area contributed by atoms with Gasteiger partial charge in [-0.15, -0.1) is 12.3 Å². The molecule has 2 aromatic rings. The molecule has 0 spiro atoms. The van der Waals surface area contributed by atoms with Gasteiger partial charge in [0.2, 0.25) is 0 Å². The molecule has 0 radical (unpaired) electrons. The van der Waals surface area contributed by atoms with Crippen molar-refractivity contribution in [3.8, 4) is 12.3 Å². The summed E-state index contributed by atoms with van der Waals surface area (Å²) in [5, 5.41) is 0. The number of hydrogen-bond donors (Lipinski definition) is 0. The van der Waals surface area contributed by atoms with Crippen molar-refractivity contribution < 1.29 is 19.1 Å². The first-order chi connectivity index (χ1) is 12.1. The highest BCUT2D eigenvalue weighted by Gasteiger charge is 2.31. The lowest BCUT2D eigenvalue weighted by Crippen LogP contribution is -2.17. The Balaban J connectivity index is 1.93. The van der Waals surface area contributed by atoms with Crippen LogP contribution in [0.25, 0.3) is 0 Å². The lowest BCUT2D eigenvalue weighted by Gasteiger charge is -2.22. The third-order valence-electron chi connectivity index (χ3n) is 4.43. The fraction of sp³-hybridized carbons (Fsp3) is 0.190. The molecule has 124 valence electrons. The molecule has 2 aromatic carbocycles. The van der Waals surface area contributed by atoms with E-state index in [4.69, 9.17) is 6.42 Å². The Labute approximate surface area is 145 Å². The average molecular weight is 332 g/mol. The molecule has 25 heavy (non-hydrogen) atoms. The second-order valence-electron chi connectivity index (χ2n) is 6.00. The third-order valence-corrected chi connectivity index (χ3v) is 4.43. The van der Waals surface area contributed by atoms with Crippen LogP contribution in [0.1, 0.15) is 44.2 Å². The number of esters is 2. The SMILES string of the molecule is C#CCC(Cc1ccccc1)C(C=O)c1ccc2c(c1)C(=O)OC2=O. The van der Waals surface area contributed by atoms with Crippen molar-refractivity contribution in [1.82, 2.24) is 0 Å². The van der Waals surface area contributed by atoms with Crippen molar-refractivity contribution in [2.45, 2.75) is 18.8 Å². The lowest BCUT2D eigenvalue weighted by molar-refractivity contribution is -0.110. The number of aldehydes is 1. The molecule has 4 heteroatoms. The van der Waals surface area contributed by atoms with Crippen LogP contribution in [0.3, 0.4) is 0 Å². The maximum Gasteiger partial charge on any atom is 0.346 e. The van der Waals surface area contributed by atoms with Gasteiger partial charge in [-0.05, 0) is 35.6 Å². The van der Waals surface area contributed by atoms with Crippen molar-refractivity contribution in [1.29, 1.82) is 0 Å². The van der Waals surface area contributed by atoms with Crippen molar-refractivity contribution in [3.63, 3.8) is 0 Å². The van der Waals surface area contributed by atoms with Gasteiger partial charge in [0.15, 0.2) is 0 Å². The minimum atomic E-state index is -0.678. The monoisotopic (exact) mass is 332 g/mol.